The first kappa shape index (κ1) is 15.6. The van der Waals surface area contributed by atoms with E-state index in [0.29, 0.717) is 0 Å². The van der Waals surface area contributed by atoms with Gasteiger partial charge < -0.3 is 0 Å². The molecule has 0 aliphatic heterocycles. The van der Waals surface area contributed by atoms with Crippen molar-refractivity contribution >= 4 is 5.78 Å². The van der Waals surface area contributed by atoms with E-state index in [9.17, 15) is 26.7 Å². The third-order valence-corrected chi connectivity index (χ3v) is 2.46. The van der Waals surface area contributed by atoms with Crippen LogP contribution in [0, 0.1) is 11.6 Å². The average molecular weight is 281 g/mol. The number of ketones is 1. The van der Waals surface area contributed by atoms with Crippen molar-refractivity contribution in [1.82, 2.24) is 4.90 Å². The fourth-order valence-electron chi connectivity index (χ4n) is 1.58. The predicted octanol–water partition coefficient (Wildman–Crippen LogP) is 3.03. The molecule has 0 heterocycles. The van der Waals surface area contributed by atoms with Crippen molar-refractivity contribution in [2.75, 3.05) is 19.6 Å². The van der Waals surface area contributed by atoms with Crippen molar-refractivity contribution in [3.63, 3.8) is 0 Å². The quantitative estimate of drug-likeness (QED) is 0.611. The Morgan fingerprint density at radius 2 is 1.74 bits per heavy atom. The van der Waals surface area contributed by atoms with Crippen LogP contribution in [0.15, 0.2) is 18.2 Å². The molecule has 1 rings (SSSR count). The molecule has 106 valence electrons. The minimum atomic E-state index is -4.47. The highest BCUT2D eigenvalue weighted by Gasteiger charge is 2.31. The van der Waals surface area contributed by atoms with Gasteiger partial charge in [-0.25, -0.2) is 8.78 Å². The maximum atomic E-state index is 13.3. The molecule has 0 N–H and O–H groups in total. The van der Waals surface area contributed by atoms with Gasteiger partial charge in [-0.1, -0.05) is 13.0 Å². The van der Waals surface area contributed by atoms with Crippen molar-refractivity contribution < 1.29 is 26.7 Å². The van der Waals surface area contributed by atoms with Gasteiger partial charge in [-0.2, -0.15) is 13.2 Å². The van der Waals surface area contributed by atoms with E-state index in [1.54, 1.807) is 0 Å². The molecule has 19 heavy (non-hydrogen) atoms. The lowest BCUT2D eigenvalue weighted by atomic mass is 10.1. The molecule has 0 bridgehead atoms. The van der Waals surface area contributed by atoms with Gasteiger partial charge >= 0.3 is 6.18 Å². The summed E-state index contributed by atoms with van der Waals surface area (Å²) >= 11 is 0. The number of Topliss-reactive ketones (excluding diaryl/α,β-unsaturated/α-hetero) is 1. The van der Waals surface area contributed by atoms with Gasteiger partial charge in [-0.05, 0) is 18.7 Å². The average Bonchev–Trinajstić information content (AvgIpc) is 2.25. The van der Waals surface area contributed by atoms with E-state index < -0.39 is 42.2 Å². The number of carbonyl (C=O) groups is 1. The Morgan fingerprint density at radius 1 is 1.21 bits per heavy atom. The summed E-state index contributed by atoms with van der Waals surface area (Å²) in [5, 5.41) is 0. The third kappa shape index (κ3) is 4.59. The number of rotatable bonds is 5. The number of halogens is 5. The maximum Gasteiger partial charge on any atom is 0.401 e. The second kappa shape index (κ2) is 6.10. The predicted molar refractivity (Wildman–Crippen MR) is 58.9 cm³/mol. The summed E-state index contributed by atoms with van der Waals surface area (Å²) in [5.74, 6) is -3.16. The number of alkyl halides is 3. The van der Waals surface area contributed by atoms with E-state index in [-0.39, 0.29) is 6.54 Å². The number of nitrogens with zero attached hydrogens (tertiary/aromatic N) is 1. The van der Waals surface area contributed by atoms with Crippen LogP contribution in [-0.4, -0.2) is 36.5 Å². The van der Waals surface area contributed by atoms with Gasteiger partial charge in [0.15, 0.2) is 5.78 Å². The molecule has 0 aliphatic carbocycles. The number of benzene rings is 1. The minimum absolute atomic E-state index is 0.0542. The number of carbonyl (C=O) groups excluding carboxylic acids is 1. The molecule has 0 atom stereocenters. The molecule has 0 saturated heterocycles. The highest BCUT2D eigenvalue weighted by molar-refractivity contribution is 5.98. The van der Waals surface area contributed by atoms with Crippen LogP contribution in [0.4, 0.5) is 22.0 Å². The smallest absolute Gasteiger partial charge is 0.292 e. The molecular weight excluding hydrogens is 269 g/mol. The van der Waals surface area contributed by atoms with E-state index in [2.05, 4.69) is 0 Å². The first-order chi connectivity index (χ1) is 8.74. The van der Waals surface area contributed by atoms with Crippen LogP contribution in [0.3, 0.4) is 0 Å². The molecule has 1 aromatic carbocycles. The van der Waals surface area contributed by atoms with Crippen LogP contribution < -0.4 is 0 Å². The highest BCUT2D eigenvalue weighted by Crippen LogP contribution is 2.18. The van der Waals surface area contributed by atoms with Crippen LogP contribution >= 0.6 is 0 Å². The van der Waals surface area contributed by atoms with Gasteiger partial charge in [0.1, 0.15) is 11.6 Å². The van der Waals surface area contributed by atoms with Crippen LogP contribution in [0.5, 0.6) is 0 Å². The molecule has 0 aliphatic rings. The van der Waals surface area contributed by atoms with Crippen molar-refractivity contribution in [2.45, 2.75) is 13.1 Å². The zero-order valence-electron chi connectivity index (χ0n) is 10.1. The van der Waals surface area contributed by atoms with Gasteiger partial charge in [0, 0.05) is 0 Å². The summed E-state index contributed by atoms with van der Waals surface area (Å²) in [4.78, 5) is 12.4. The normalized spacial score (nSPS) is 11.9. The molecule has 0 fully saturated rings. The topological polar surface area (TPSA) is 20.3 Å². The zero-order valence-corrected chi connectivity index (χ0v) is 10.1. The standard InChI is InChI=1S/C12H12F5NO/c1-2-18(7-12(15,16)17)6-10(19)11-8(13)4-3-5-9(11)14/h3-5H,2,6-7H2,1H3. The summed E-state index contributed by atoms with van der Waals surface area (Å²) < 4.78 is 63.2. The largest absolute Gasteiger partial charge is 0.401 e. The van der Waals surface area contributed by atoms with Crippen molar-refractivity contribution in [3.05, 3.63) is 35.4 Å². The molecule has 0 spiro atoms. The summed E-state index contributed by atoms with van der Waals surface area (Å²) in [6, 6.07) is 2.85. The first-order valence-electron chi connectivity index (χ1n) is 5.51. The van der Waals surface area contributed by atoms with E-state index in [0.717, 1.165) is 23.1 Å². The Bertz CT molecular complexity index is 438. The Morgan fingerprint density at radius 3 is 2.16 bits per heavy atom. The van der Waals surface area contributed by atoms with Crippen LogP contribution in [-0.2, 0) is 0 Å². The van der Waals surface area contributed by atoms with Gasteiger partial charge in [-0.15, -0.1) is 0 Å². The number of likely N-dealkylation sites (N-methyl/N-ethyl adjacent to an activating group) is 1. The summed E-state index contributed by atoms with van der Waals surface area (Å²) in [7, 11) is 0. The summed E-state index contributed by atoms with van der Waals surface area (Å²) in [6.45, 7) is -0.614. The number of hydrogen-bond donors (Lipinski definition) is 0. The van der Waals surface area contributed by atoms with E-state index in [4.69, 9.17) is 0 Å². The highest BCUT2D eigenvalue weighted by atomic mass is 19.4. The Kier molecular flexibility index (Phi) is 4.99. The van der Waals surface area contributed by atoms with E-state index in [1.165, 1.54) is 6.92 Å². The van der Waals surface area contributed by atoms with Crippen LogP contribution in [0.1, 0.15) is 17.3 Å². The van der Waals surface area contributed by atoms with E-state index >= 15 is 0 Å². The molecular formula is C12H12F5NO. The summed E-state index contributed by atoms with van der Waals surface area (Å²) in [6.07, 6.45) is -4.47. The molecule has 1 aromatic rings. The maximum absolute atomic E-state index is 13.3. The van der Waals surface area contributed by atoms with Crippen LogP contribution in [0.25, 0.3) is 0 Å². The lowest BCUT2D eigenvalue weighted by molar-refractivity contribution is -0.144. The van der Waals surface area contributed by atoms with Crippen molar-refractivity contribution in [2.24, 2.45) is 0 Å². The second-order valence-corrected chi connectivity index (χ2v) is 3.94. The van der Waals surface area contributed by atoms with Crippen LogP contribution in [0.2, 0.25) is 0 Å². The van der Waals surface area contributed by atoms with E-state index in [1.807, 2.05) is 0 Å². The first-order valence-corrected chi connectivity index (χ1v) is 5.51. The lowest BCUT2D eigenvalue weighted by Gasteiger charge is -2.21. The molecule has 0 aromatic heterocycles. The second-order valence-electron chi connectivity index (χ2n) is 3.94. The molecule has 0 unspecified atom stereocenters. The zero-order chi connectivity index (χ0) is 14.6. The van der Waals surface area contributed by atoms with Crippen molar-refractivity contribution in [1.29, 1.82) is 0 Å². The van der Waals surface area contributed by atoms with Gasteiger partial charge in [0.2, 0.25) is 0 Å². The Hall–Kier alpha value is -1.50. The molecule has 2 nitrogen and oxygen atoms in total. The van der Waals surface area contributed by atoms with Gasteiger partial charge in [-0.3, -0.25) is 9.69 Å². The third-order valence-electron chi connectivity index (χ3n) is 2.46. The minimum Gasteiger partial charge on any atom is -0.292 e. The number of hydrogen-bond acceptors (Lipinski definition) is 2. The Labute approximate surface area is 106 Å². The Balaban J connectivity index is 2.84. The summed E-state index contributed by atoms with van der Waals surface area (Å²) in [5.41, 5.74) is -0.803. The molecule has 0 amide bonds. The van der Waals surface area contributed by atoms with Crippen molar-refractivity contribution in [3.8, 4) is 0 Å². The van der Waals surface area contributed by atoms with Gasteiger partial charge in [0.05, 0.1) is 18.7 Å². The van der Waals surface area contributed by atoms with Gasteiger partial charge in [0.25, 0.3) is 0 Å². The lowest BCUT2D eigenvalue weighted by Crippen LogP contribution is -2.38. The monoisotopic (exact) mass is 281 g/mol. The molecule has 0 radical (unpaired) electrons. The fourth-order valence-corrected chi connectivity index (χ4v) is 1.58. The SMILES string of the molecule is CCN(CC(=O)c1c(F)cccc1F)CC(F)(F)F. The fraction of sp³-hybridized carbons (Fsp3) is 0.417. The molecule has 7 heteroatoms. The molecule has 0 saturated carbocycles.